The van der Waals surface area contributed by atoms with E-state index in [0.717, 1.165) is 16.3 Å². The zero-order valence-corrected chi connectivity index (χ0v) is 19.6. The predicted molar refractivity (Wildman–Crippen MR) is 135 cm³/mol. The lowest BCUT2D eigenvalue weighted by atomic mass is 10.2. The fraction of sp³-hybridized carbons (Fsp3) is 0.0909. The van der Waals surface area contributed by atoms with Crippen LogP contribution in [0, 0.1) is 6.92 Å². The number of carbonyl (C=O) groups excluding carboxylic acids is 1. The van der Waals surface area contributed by atoms with Crippen molar-refractivity contribution in [2.45, 2.75) is 16.7 Å². The van der Waals surface area contributed by atoms with Gasteiger partial charge in [0.15, 0.2) is 5.11 Å². The Morgan fingerprint density at radius 3 is 2.16 bits per heavy atom. The van der Waals surface area contributed by atoms with E-state index in [0.29, 0.717) is 10.8 Å². The molecule has 166 valence electrons. The summed E-state index contributed by atoms with van der Waals surface area (Å²) in [4.78, 5) is 13.1. The highest BCUT2D eigenvalue weighted by atomic mass is 32.2. The molecule has 3 aromatic rings. The summed E-state index contributed by atoms with van der Waals surface area (Å²) in [5, 5.41) is 14.5. The molecule has 3 aromatic carbocycles. The Labute approximate surface area is 196 Å². The van der Waals surface area contributed by atoms with Gasteiger partial charge in [-0.2, -0.15) is 0 Å². The van der Waals surface area contributed by atoms with Gasteiger partial charge in [-0.05, 0) is 73.7 Å². The first-order valence-corrected chi connectivity index (χ1v) is 12.4. The van der Waals surface area contributed by atoms with Gasteiger partial charge in [-0.3, -0.25) is 4.79 Å². The third kappa shape index (κ3) is 7.34. The number of rotatable bonds is 7. The third-order valence-electron chi connectivity index (χ3n) is 4.24. The highest BCUT2D eigenvalue weighted by Crippen LogP contribution is 2.22. The Morgan fingerprint density at radius 1 is 0.906 bits per heavy atom. The molecule has 32 heavy (non-hydrogen) atoms. The van der Waals surface area contributed by atoms with Gasteiger partial charge < -0.3 is 16.0 Å². The number of sulfonamides is 1. The number of nitrogens with two attached hydrogens (primary N) is 1. The van der Waals surface area contributed by atoms with Gasteiger partial charge >= 0.3 is 0 Å². The average Bonchev–Trinajstić information content (AvgIpc) is 2.74. The van der Waals surface area contributed by atoms with Crippen LogP contribution >= 0.6 is 24.0 Å². The van der Waals surface area contributed by atoms with Crippen molar-refractivity contribution in [2.75, 3.05) is 21.7 Å². The summed E-state index contributed by atoms with van der Waals surface area (Å²) in [6.45, 7) is 2.02. The summed E-state index contributed by atoms with van der Waals surface area (Å²) in [5.74, 6) is -0.0276. The first-order chi connectivity index (χ1) is 15.2. The number of thiocarbonyl (C=S) groups is 1. The second-order valence-corrected chi connectivity index (χ2v) is 9.90. The molecule has 7 nitrogen and oxygen atoms in total. The van der Waals surface area contributed by atoms with Crippen LogP contribution in [-0.4, -0.2) is 25.2 Å². The van der Waals surface area contributed by atoms with Crippen molar-refractivity contribution < 1.29 is 13.2 Å². The fourth-order valence-electron chi connectivity index (χ4n) is 2.67. The van der Waals surface area contributed by atoms with Gasteiger partial charge in [0.1, 0.15) is 0 Å². The highest BCUT2D eigenvalue weighted by molar-refractivity contribution is 8.00. The van der Waals surface area contributed by atoms with Gasteiger partial charge in [0.25, 0.3) is 0 Å². The van der Waals surface area contributed by atoms with E-state index in [9.17, 15) is 13.2 Å². The van der Waals surface area contributed by atoms with E-state index in [4.69, 9.17) is 17.4 Å². The summed E-state index contributed by atoms with van der Waals surface area (Å²) in [6.07, 6.45) is 0. The monoisotopic (exact) mass is 486 g/mol. The minimum absolute atomic E-state index is 0.0102. The van der Waals surface area contributed by atoms with E-state index in [1.165, 1.54) is 41.6 Å². The minimum Gasteiger partial charge on any atom is -0.332 e. The van der Waals surface area contributed by atoms with E-state index in [1.807, 2.05) is 55.5 Å². The van der Waals surface area contributed by atoms with Crippen LogP contribution in [0.4, 0.5) is 17.1 Å². The maximum atomic E-state index is 12.2. The van der Waals surface area contributed by atoms with E-state index in [1.54, 1.807) is 0 Å². The molecule has 1 amide bonds. The van der Waals surface area contributed by atoms with Gasteiger partial charge in [-0.25, -0.2) is 13.6 Å². The normalized spacial score (nSPS) is 10.9. The van der Waals surface area contributed by atoms with Crippen LogP contribution in [0.3, 0.4) is 0 Å². The predicted octanol–water partition coefficient (Wildman–Crippen LogP) is 4.18. The second-order valence-electron chi connectivity index (χ2n) is 6.88. The summed E-state index contributed by atoms with van der Waals surface area (Å²) >= 11 is 6.74. The minimum atomic E-state index is -3.76. The molecule has 0 spiro atoms. The molecule has 0 fully saturated rings. The molecule has 0 saturated carbocycles. The van der Waals surface area contributed by atoms with Crippen molar-refractivity contribution in [1.82, 2.24) is 0 Å². The molecule has 0 aliphatic heterocycles. The van der Waals surface area contributed by atoms with E-state index < -0.39 is 10.0 Å². The van der Waals surface area contributed by atoms with E-state index >= 15 is 0 Å². The largest absolute Gasteiger partial charge is 0.332 e. The molecule has 3 rings (SSSR count). The van der Waals surface area contributed by atoms with Crippen LogP contribution in [0.25, 0.3) is 0 Å². The number of primary sulfonamides is 1. The molecule has 0 aliphatic carbocycles. The lowest BCUT2D eigenvalue weighted by Gasteiger charge is -2.12. The smallest absolute Gasteiger partial charge is 0.238 e. The Kier molecular flexibility index (Phi) is 7.86. The fourth-order valence-corrected chi connectivity index (χ4v) is 4.17. The van der Waals surface area contributed by atoms with E-state index in [-0.39, 0.29) is 16.6 Å². The van der Waals surface area contributed by atoms with Crippen LogP contribution in [0.5, 0.6) is 0 Å². The molecule has 0 atom stereocenters. The van der Waals surface area contributed by atoms with Crippen LogP contribution < -0.4 is 21.1 Å². The molecule has 0 radical (unpaired) electrons. The van der Waals surface area contributed by atoms with Crippen molar-refractivity contribution in [1.29, 1.82) is 0 Å². The first-order valence-electron chi connectivity index (χ1n) is 9.49. The zero-order chi connectivity index (χ0) is 23.1. The molecule has 0 heterocycles. The van der Waals surface area contributed by atoms with E-state index in [2.05, 4.69) is 16.0 Å². The Morgan fingerprint density at radius 2 is 1.50 bits per heavy atom. The number of aryl methyl sites for hydroxylation is 1. The number of benzene rings is 3. The number of thioether (sulfide) groups is 1. The van der Waals surface area contributed by atoms with Crippen LogP contribution in [-0.2, 0) is 14.8 Å². The molecular formula is C22H22N4O3S3. The topological polar surface area (TPSA) is 113 Å². The van der Waals surface area contributed by atoms with Crippen molar-refractivity contribution in [3.63, 3.8) is 0 Å². The number of hydrogen-bond acceptors (Lipinski definition) is 5. The Balaban J connectivity index is 1.51. The molecular weight excluding hydrogens is 464 g/mol. The zero-order valence-electron chi connectivity index (χ0n) is 17.2. The average molecular weight is 487 g/mol. The van der Waals surface area contributed by atoms with Crippen LogP contribution in [0.1, 0.15) is 5.56 Å². The van der Waals surface area contributed by atoms with Crippen molar-refractivity contribution >= 4 is 62.1 Å². The summed E-state index contributed by atoms with van der Waals surface area (Å²) in [5.41, 5.74) is 3.36. The molecule has 0 aromatic heterocycles. The van der Waals surface area contributed by atoms with Crippen molar-refractivity contribution in [3.8, 4) is 0 Å². The molecule has 10 heteroatoms. The lowest BCUT2D eigenvalue weighted by molar-refractivity contribution is -0.113. The lowest BCUT2D eigenvalue weighted by Crippen LogP contribution is -2.19. The standard InChI is InChI=1S/C22H22N4O3S3/c1-15-5-7-17(8-6-15)25-22(30)26-18-3-2-4-19(13-18)31-14-21(27)24-16-9-11-20(12-10-16)32(23,28)29/h2-13H,14H2,1H3,(H,24,27)(H2,23,28,29)(H2,25,26,30). The Bertz CT molecular complexity index is 1210. The molecule has 0 unspecified atom stereocenters. The van der Waals surface area contributed by atoms with Gasteiger partial charge in [0.05, 0.1) is 10.6 Å². The number of anilines is 3. The number of carbonyl (C=O) groups is 1. The van der Waals surface area contributed by atoms with Crippen molar-refractivity contribution in [3.05, 3.63) is 78.4 Å². The Hall–Kier alpha value is -2.92. The first kappa shape index (κ1) is 23.7. The van der Waals surface area contributed by atoms with Crippen LogP contribution in [0.15, 0.2) is 82.6 Å². The number of hydrogen-bond donors (Lipinski definition) is 4. The quantitative estimate of drug-likeness (QED) is 0.293. The maximum absolute atomic E-state index is 12.2. The highest BCUT2D eigenvalue weighted by Gasteiger charge is 2.09. The van der Waals surface area contributed by atoms with Crippen molar-refractivity contribution in [2.24, 2.45) is 5.14 Å². The third-order valence-corrected chi connectivity index (χ3v) is 6.37. The second kappa shape index (κ2) is 10.6. The number of amides is 1. The number of nitrogens with one attached hydrogen (secondary N) is 3. The summed E-state index contributed by atoms with van der Waals surface area (Å²) < 4.78 is 22.6. The van der Waals surface area contributed by atoms with Gasteiger partial charge in [-0.15, -0.1) is 11.8 Å². The molecule has 0 bridgehead atoms. The van der Waals surface area contributed by atoms with Gasteiger partial charge in [0.2, 0.25) is 15.9 Å². The molecule has 0 saturated heterocycles. The SMILES string of the molecule is Cc1ccc(NC(=S)Nc2cccc(SCC(=O)Nc3ccc(S(N)(=O)=O)cc3)c2)cc1. The maximum Gasteiger partial charge on any atom is 0.238 e. The summed E-state index contributed by atoms with van der Waals surface area (Å²) in [6, 6.07) is 21.2. The molecule has 0 aliphatic rings. The van der Waals surface area contributed by atoms with Gasteiger partial charge in [-0.1, -0.05) is 23.8 Å². The van der Waals surface area contributed by atoms with Crippen LogP contribution in [0.2, 0.25) is 0 Å². The molecule has 5 N–H and O–H groups in total. The van der Waals surface area contributed by atoms with Gasteiger partial charge in [0, 0.05) is 22.0 Å². The summed E-state index contributed by atoms with van der Waals surface area (Å²) in [7, 11) is -3.76.